The highest BCUT2D eigenvalue weighted by molar-refractivity contribution is 5.83. The van der Waals surface area contributed by atoms with Crippen LogP contribution in [0.1, 0.15) is 32.6 Å². The summed E-state index contributed by atoms with van der Waals surface area (Å²) in [6.45, 7) is 7.10. The molecule has 14 heavy (non-hydrogen) atoms. The van der Waals surface area contributed by atoms with Gasteiger partial charge in [-0.05, 0) is 18.8 Å². The Labute approximate surface area is 86.8 Å². The molecular formula is C12H21NO. The first kappa shape index (κ1) is 11.4. The predicted molar refractivity (Wildman–Crippen MR) is 59.2 cm³/mol. The van der Waals surface area contributed by atoms with Gasteiger partial charge in [-0.2, -0.15) is 0 Å². The van der Waals surface area contributed by atoms with Gasteiger partial charge in [-0.3, -0.25) is 4.79 Å². The Kier molecular flexibility index (Phi) is 4.88. The van der Waals surface area contributed by atoms with Gasteiger partial charge in [0.15, 0.2) is 0 Å². The minimum Gasteiger partial charge on any atom is -0.307 e. The SMILES string of the molecule is C=CCNCC(=O)C1CCCC(C)C1. The van der Waals surface area contributed by atoms with Crippen molar-refractivity contribution >= 4 is 5.78 Å². The first-order valence-corrected chi connectivity index (χ1v) is 5.58. The van der Waals surface area contributed by atoms with Gasteiger partial charge in [-0.1, -0.05) is 25.8 Å². The highest BCUT2D eigenvalue weighted by atomic mass is 16.1. The average molecular weight is 195 g/mol. The summed E-state index contributed by atoms with van der Waals surface area (Å²) in [5.41, 5.74) is 0. The van der Waals surface area contributed by atoms with Crippen LogP contribution in [0.15, 0.2) is 12.7 Å². The molecule has 1 saturated carbocycles. The zero-order chi connectivity index (χ0) is 10.4. The van der Waals surface area contributed by atoms with Crippen molar-refractivity contribution in [2.75, 3.05) is 13.1 Å². The van der Waals surface area contributed by atoms with E-state index in [1.807, 2.05) is 0 Å². The molecule has 0 amide bonds. The van der Waals surface area contributed by atoms with Gasteiger partial charge in [0.1, 0.15) is 5.78 Å². The number of hydrogen-bond donors (Lipinski definition) is 1. The van der Waals surface area contributed by atoms with Crippen LogP contribution in [-0.2, 0) is 4.79 Å². The van der Waals surface area contributed by atoms with E-state index >= 15 is 0 Å². The number of nitrogens with one attached hydrogen (secondary N) is 1. The van der Waals surface area contributed by atoms with Crippen LogP contribution in [-0.4, -0.2) is 18.9 Å². The third-order valence-electron chi connectivity index (χ3n) is 2.98. The van der Waals surface area contributed by atoms with Gasteiger partial charge >= 0.3 is 0 Å². The van der Waals surface area contributed by atoms with Crippen molar-refractivity contribution in [3.63, 3.8) is 0 Å². The normalized spacial score (nSPS) is 27.2. The maximum Gasteiger partial charge on any atom is 0.149 e. The molecule has 2 nitrogen and oxygen atoms in total. The van der Waals surface area contributed by atoms with E-state index < -0.39 is 0 Å². The van der Waals surface area contributed by atoms with E-state index in [9.17, 15) is 4.79 Å². The summed E-state index contributed by atoms with van der Waals surface area (Å²) in [7, 11) is 0. The van der Waals surface area contributed by atoms with Gasteiger partial charge in [0.05, 0.1) is 6.54 Å². The summed E-state index contributed by atoms with van der Waals surface area (Å²) in [6.07, 6.45) is 6.49. The van der Waals surface area contributed by atoms with E-state index in [1.54, 1.807) is 6.08 Å². The van der Waals surface area contributed by atoms with Gasteiger partial charge in [0.25, 0.3) is 0 Å². The number of Topliss-reactive ketones (excluding diaryl/α,β-unsaturated/α-hetero) is 1. The Balaban J connectivity index is 2.25. The summed E-state index contributed by atoms with van der Waals surface area (Å²) in [4.78, 5) is 11.7. The van der Waals surface area contributed by atoms with E-state index in [2.05, 4.69) is 18.8 Å². The Bertz CT molecular complexity index is 200. The second-order valence-corrected chi connectivity index (χ2v) is 4.35. The molecule has 1 rings (SSSR count). The van der Waals surface area contributed by atoms with Gasteiger partial charge < -0.3 is 5.32 Å². The largest absolute Gasteiger partial charge is 0.307 e. The third kappa shape index (κ3) is 3.62. The fourth-order valence-electron chi connectivity index (χ4n) is 2.17. The number of carbonyl (C=O) groups is 1. The van der Waals surface area contributed by atoms with Gasteiger partial charge in [-0.15, -0.1) is 6.58 Å². The highest BCUT2D eigenvalue weighted by Crippen LogP contribution is 2.28. The molecule has 0 spiro atoms. The minimum atomic E-state index is 0.316. The predicted octanol–water partition coefficient (Wildman–Crippen LogP) is 2.16. The highest BCUT2D eigenvalue weighted by Gasteiger charge is 2.24. The second-order valence-electron chi connectivity index (χ2n) is 4.35. The average Bonchev–Trinajstić information content (AvgIpc) is 2.18. The molecule has 1 fully saturated rings. The van der Waals surface area contributed by atoms with Crippen LogP contribution >= 0.6 is 0 Å². The topological polar surface area (TPSA) is 29.1 Å². The molecule has 80 valence electrons. The first-order valence-electron chi connectivity index (χ1n) is 5.58. The second kappa shape index (κ2) is 5.97. The van der Waals surface area contributed by atoms with Crippen molar-refractivity contribution in [3.05, 3.63) is 12.7 Å². The smallest absolute Gasteiger partial charge is 0.149 e. The molecule has 0 radical (unpaired) electrons. The van der Waals surface area contributed by atoms with Crippen LogP contribution in [0, 0.1) is 11.8 Å². The fraction of sp³-hybridized carbons (Fsp3) is 0.750. The Morgan fingerprint density at radius 3 is 3.00 bits per heavy atom. The van der Waals surface area contributed by atoms with Crippen LogP contribution < -0.4 is 5.32 Å². The van der Waals surface area contributed by atoms with Crippen molar-refractivity contribution in [3.8, 4) is 0 Å². The Morgan fingerprint density at radius 2 is 2.36 bits per heavy atom. The van der Waals surface area contributed by atoms with Crippen molar-refractivity contribution in [1.82, 2.24) is 5.32 Å². The molecule has 2 unspecified atom stereocenters. The van der Waals surface area contributed by atoms with E-state index in [0.29, 0.717) is 18.2 Å². The molecular weight excluding hydrogens is 174 g/mol. The molecule has 1 N–H and O–H groups in total. The lowest BCUT2D eigenvalue weighted by molar-refractivity contribution is -0.123. The van der Waals surface area contributed by atoms with Gasteiger partial charge in [0, 0.05) is 12.5 Å². The van der Waals surface area contributed by atoms with Gasteiger partial charge in [-0.25, -0.2) is 0 Å². The lowest BCUT2D eigenvalue weighted by Crippen LogP contribution is -2.31. The van der Waals surface area contributed by atoms with Crippen LogP contribution in [0.2, 0.25) is 0 Å². The summed E-state index contributed by atoms with van der Waals surface area (Å²) in [6, 6.07) is 0. The molecule has 0 aliphatic heterocycles. The molecule has 0 aromatic heterocycles. The van der Waals surface area contributed by atoms with E-state index in [0.717, 1.165) is 25.3 Å². The van der Waals surface area contributed by atoms with E-state index in [4.69, 9.17) is 0 Å². The minimum absolute atomic E-state index is 0.316. The lowest BCUT2D eigenvalue weighted by atomic mass is 9.80. The molecule has 1 aliphatic carbocycles. The van der Waals surface area contributed by atoms with Crippen LogP contribution in [0.25, 0.3) is 0 Å². The van der Waals surface area contributed by atoms with Crippen LogP contribution in [0.5, 0.6) is 0 Å². The van der Waals surface area contributed by atoms with E-state index in [-0.39, 0.29) is 0 Å². The molecule has 0 aromatic carbocycles. The molecule has 1 aliphatic rings. The zero-order valence-corrected chi connectivity index (χ0v) is 9.09. The van der Waals surface area contributed by atoms with Crippen molar-refractivity contribution in [1.29, 1.82) is 0 Å². The lowest BCUT2D eigenvalue weighted by Gasteiger charge is -2.25. The van der Waals surface area contributed by atoms with Gasteiger partial charge in [0.2, 0.25) is 0 Å². The number of ketones is 1. The zero-order valence-electron chi connectivity index (χ0n) is 9.09. The summed E-state index contributed by atoms with van der Waals surface area (Å²) >= 11 is 0. The third-order valence-corrected chi connectivity index (χ3v) is 2.98. The summed E-state index contributed by atoms with van der Waals surface area (Å²) < 4.78 is 0. The first-order chi connectivity index (χ1) is 6.74. The number of rotatable bonds is 5. The molecule has 2 atom stereocenters. The van der Waals surface area contributed by atoms with Crippen molar-refractivity contribution in [2.45, 2.75) is 32.6 Å². The fourth-order valence-corrected chi connectivity index (χ4v) is 2.17. The summed E-state index contributed by atoms with van der Waals surface area (Å²) in [5, 5.41) is 3.08. The molecule has 0 bridgehead atoms. The number of hydrogen-bond acceptors (Lipinski definition) is 2. The number of carbonyl (C=O) groups excluding carboxylic acids is 1. The maximum atomic E-state index is 11.7. The molecule has 0 heterocycles. The molecule has 2 heteroatoms. The van der Waals surface area contributed by atoms with E-state index in [1.165, 1.54) is 12.8 Å². The van der Waals surface area contributed by atoms with Crippen molar-refractivity contribution < 1.29 is 4.79 Å². The quantitative estimate of drug-likeness (QED) is 0.538. The Morgan fingerprint density at radius 1 is 1.57 bits per heavy atom. The van der Waals surface area contributed by atoms with Crippen LogP contribution in [0.3, 0.4) is 0 Å². The standard InChI is InChI=1S/C12H21NO/c1-3-7-13-9-12(14)11-6-4-5-10(2)8-11/h3,10-11,13H,1,4-9H2,2H3. The molecule has 0 aromatic rings. The monoisotopic (exact) mass is 195 g/mol. The maximum absolute atomic E-state index is 11.7. The van der Waals surface area contributed by atoms with Crippen LogP contribution in [0.4, 0.5) is 0 Å². The molecule has 0 saturated heterocycles. The van der Waals surface area contributed by atoms with Crippen molar-refractivity contribution in [2.24, 2.45) is 11.8 Å². The Hall–Kier alpha value is -0.630. The summed E-state index contributed by atoms with van der Waals surface area (Å²) in [5.74, 6) is 1.44.